The van der Waals surface area contributed by atoms with Gasteiger partial charge in [0.15, 0.2) is 0 Å². The summed E-state index contributed by atoms with van der Waals surface area (Å²) < 4.78 is 18.9. The normalized spacial score (nSPS) is 17.4. The summed E-state index contributed by atoms with van der Waals surface area (Å²) in [6.07, 6.45) is 0.573. The third-order valence-electron chi connectivity index (χ3n) is 5.59. The maximum Gasteiger partial charge on any atom is 0.125 e. The molecule has 0 radical (unpaired) electrons. The second-order valence-electron chi connectivity index (χ2n) is 7.82. The quantitative estimate of drug-likeness (QED) is 0.705. The molecule has 0 spiro atoms. The number of hydrogen-bond acceptors (Lipinski definition) is 4. The third kappa shape index (κ3) is 6.41. The molecular weight excluding hydrogens is 393 g/mol. The Labute approximate surface area is 178 Å². The second-order valence-corrected chi connectivity index (χ2v) is 7.82. The van der Waals surface area contributed by atoms with Gasteiger partial charge in [-0.1, -0.05) is 30.3 Å². The van der Waals surface area contributed by atoms with Crippen molar-refractivity contribution in [2.24, 2.45) is 5.92 Å². The Kier molecular flexibility index (Phi) is 8.90. The molecule has 0 aromatic heterocycles. The minimum atomic E-state index is -0.569. The van der Waals surface area contributed by atoms with E-state index < -0.39 is 12.2 Å². The van der Waals surface area contributed by atoms with E-state index in [-0.39, 0.29) is 30.7 Å². The Morgan fingerprint density at radius 1 is 1.03 bits per heavy atom. The lowest BCUT2D eigenvalue weighted by atomic mass is 9.87. The number of rotatable bonds is 7. The highest BCUT2D eigenvalue weighted by Gasteiger charge is 2.27. The zero-order valence-corrected chi connectivity index (χ0v) is 17.9. The summed E-state index contributed by atoms with van der Waals surface area (Å²) in [5.74, 6) is 0.718. The predicted molar refractivity (Wildman–Crippen MR) is 115 cm³/mol. The first-order chi connectivity index (χ1) is 13.4. The predicted octanol–water partition coefficient (Wildman–Crippen LogP) is 4.05. The molecule has 2 unspecified atom stereocenters. The number of benzene rings is 2. The molecule has 29 heavy (non-hydrogen) atoms. The minimum absolute atomic E-state index is 0. The average Bonchev–Trinajstić information content (AvgIpc) is 2.68. The van der Waals surface area contributed by atoms with Crippen molar-refractivity contribution in [3.63, 3.8) is 0 Å². The van der Waals surface area contributed by atoms with Gasteiger partial charge in [0.05, 0.1) is 6.10 Å². The maximum atomic E-state index is 13.1. The standard InChI is InChI=1S/C23H30FNO3.ClH/c1-16-4-3-5-17(2)23(16)28-15-21(26)14-25-12-10-19(11-13-25)22(27)18-6-8-20(24)9-7-18;/h3-9,19,21-22,26-27H,10-15H2,1-2H3;1H. The van der Waals surface area contributed by atoms with Crippen LogP contribution in [-0.4, -0.2) is 47.5 Å². The van der Waals surface area contributed by atoms with Crippen molar-refractivity contribution < 1.29 is 19.3 Å². The van der Waals surface area contributed by atoms with Crippen LogP contribution < -0.4 is 4.74 Å². The molecule has 1 aliphatic rings. The summed E-state index contributed by atoms with van der Waals surface area (Å²) in [6, 6.07) is 12.1. The Bertz CT molecular complexity index is 743. The minimum Gasteiger partial charge on any atom is -0.490 e. The smallest absolute Gasteiger partial charge is 0.125 e. The van der Waals surface area contributed by atoms with Crippen LogP contribution in [0.2, 0.25) is 0 Å². The average molecular weight is 424 g/mol. The van der Waals surface area contributed by atoms with Gasteiger partial charge in [0.25, 0.3) is 0 Å². The highest BCUT2D eigenvalue weighted by molar-refractivity contribution is 5.85. The summed E-state index contributed by atoms with van der Waals surface area (Å²) in [7, 11) is 0. The molecule has 6 heteroatoms. The van der Waals surface area contributed by atoms with Crippen molar-refractivity contribution in [1.29, 1.82) is 0 Å². The second kappa shape index (κ2) is 10.9. The van der Waals surface area contributed by atoms with E-state index in [1.807, 2.05) is 32.0 Å². The Morgan fingerprint density at radius 3 is 2.21 bits per heavy atom. The highest BCUT2D eigenvalue weighted by Crippen LogP contribution is 2.31. The molecule has 1 aliphatic heterocycles. The van der Waals surface area contributed by atoms with Gasteiger partial charge in [-0.05, 0) is 74.5 Å². The Balaban J connectivity index is 0.00000300. The van der Waals surface area contributed by atoms with Crippen molar-refractivity contribution >= 4 is 12.4 Å². The van der Waals surface area contributed by atoms with Gasteiger partial charge < -0.3 is 19.8 Å². The number of ether oxygens (including phenoxy) is 1. The van der Waals surface area contributed by atoms with Crippen LogP contribution in [0.15, 0.2) is 42.5 Å². The summed E-state index contributed by atoms with van der Waals surface area (Å²) in [6.45, 7) is 6.48. The highest BCUT2D eigenvalue weighted by atomic mass is 35.5. The fraction of sp³-hybridized carbons (Fsp3) is 0.478. The number of piperidine rings is 1. The fourth-order valence-electron chi connectivity index (χ4n) is 3.94. The molecule has 0 amide bonds. The third-order valence-corrected chi connectivity index (χ3v) is 5.59. The number of halogens is 2. The zero-order valence-electron chi connectivity index (χ0n) is 17.1. The molecule has 2 atom stereocenters. The van der Waals surface area contributed by atoms with E-state index in [1.165, 1.54) is 12.1 Å². The first kappa shape index (κ1) is 23.6. The molecule has 2 aromatic carbocycles. The number of nitrogens with zero attached hydrogens (tertiary/aromatic N) is 1. The number of aliphatic hydroxyl groups is 2. The van der Waals surface area contributed by atoms with E-state index in [0.717, 1.165) is 48.4 Å². The summed E-state index contributed by atoms with van der Waals surface area (Å²) in [4.78, 5) is 2.21. The van der Waals surface area contributed by atoms with Crippen LogP contribution in [-0.2, 0) is 0 Å². The van der Waals surface area contributed by atoms with Gasteiger partial charge >= 0.3 is 0 Å². The molecule has 1 fully saturated rings. The molecule has 0 aliphatic carbocycles. The van der Waals surface area contributed by atoms with E-state index in [1.54, 1.807) is 12.1 Å². The van der Waals surface area contributed by atoms with Crippen molar-refractivity contribution in [1.82, 2.24) is 4.90 Å². The molecule has 4 nitrogen and oxygen atoms in total. The monoisotopic (exact) mass is 423 g/mol. The number of hydrogen-bond donors (Lipinski definition) is 2. The van der Waals surface area contributed by atoms with E-state index in [0.29, 0.717) is 6.54 Å². The van der Waals surface area contributed by atoms with E-state index in [4.69, 9.17) is 4.74 Å². The number of likely N-dealkylation sites (tertiary alicyclic amines) is 1. The van der Waals surface area contributed by atoms with Crippen molar-refractivity contribution in [2.75, 3.05) is 26.2 Å². The lowest BCUT2D eigenvalue weighted by molar-refractivity contribution is 0.0277. The molecule has 2 aromatic rings. The van der Waals surface area contributed by atoms with Gasteiger partial charge in [-0.2, -0.15) is 0 Å². The lowest BCUT2D eigenvalue weighted by Crippen LogP contribution is -2.41. The van der Waals surface area contributed by atoms with Crippen molar-refractivity contribution in [3.05, 3.63) is 65.0 Å². The van der Waals surface area contributed by atoms with Crippen LogP contribution in [0.5, 0.6) is 5.75 Å². The summed E-state index contributed by atoms with van der Waals surface area (Å²) in [5, 5.41) is 20.9. The molecule has 3 rings (SSSR count). The maximum absolute atomic E-state index is 13.1. The van der Waals surface area contributed by atoms with Gasteiger partial charge in [0.1, 0.15) is 24.3 Å². The zero-order chi connectivity index (χ0) is 20.1. The number of para-hydroxylation sites is 1. The largest absolute Gasteiger partial charge is 0.490 e. The molecule has 0 saturated carbocycles. The van der Waals surface area contributed by atoms with Crippen molar-refractivity contribution in [2.45, 2.75) is 38.9 Å². The molecule has 2 N–H and O–H groups in total. The first-order valence-electron chi connectivity index (χ1n) is 9.97. The summed E-state index contributed by atoms with van der Waals surface area (Å²) >= 11 is 0. The van der Waals surface area contributed by atoms with Crippen LogP contribution in [0.1, 0.15) is 35.6 Å². The van der Waals surface area contributed by atoms with Gasteiger partial charge in [0.2, 0.25) is 0 Å². The van der Waals surface area contributed by atoms with E-state index >= 15 is 0 Å². The molecule has 0 bridgehead atoms. The topological polar surface area (TPSA) is 52.9 Å². The van der Waals surface area contributed by atoms with Gasteiger partial charge in [-0.3, -0.25) is 0 Å². The van der Waals surface area contributed by atoms with Crippen molar-refractivity contribution in [3.8, 4) is 5.75 Å². The molecular formula is C23H31ClFNO3. The summed E-state index contributed by atoms with van der Waals surface area (Å²) in [5.41, 5.74) is 2.91. The van der Waals surface area contributed by atoms with Gasteiger partial charge in [-0.15, -0.1) is 12.4 Å². The lowest BCUT2D eigenvalue weighted by Gasteiger charge is -2.35. The van der Waals surface area contributed by atoms with Crippen LogP contribution >= 0.6 is 12.4 Å². The van der Waals surface area contributed by atoms with Crippen LogP contribution in [0.4, 0.5) is 4.39 Å². The van der Waals surface area contributed by atoms with Gasteiger partial charge in [-0.25, -0.2) is 4.39 Å². The van der Waals surface area contributed by atoms with Gasteiger partial charge in [0, 0.05) is 6.54 Å². The molecule has 1 saturated heterocycles. The van der Waals surface area contributed by atoms with Crippen LogP contribution in [0, 0.1) is 25.6 Å². The number of aliphatic hydroxyl groups excluding tert-OH is 2. The Morgan fingerprint density at radius 2 is 1.62 bits per heavy atom. The first-order valence-corrected chi connectivity index (χ1v) is 9.97. The fourth-order valence-corrected chi connectivity index (χ4v) is 3.94. The SMILES string of the molecule is Cc1cccc(C)c1OCC(O)CN1CCC(C(O)c2ccc(F)cc2)CC1.Cl. The Hall–Kier alpha value is -1.66. The van der Waals surface area contributed by atoms with Crippen LogP contribution in [0.25, 0.3) is 0 Å². The van der Waals surface area contributed by atoms with Crippen LogP contribution in [0.3, 0.4) is 0 Å². The number of aryl methyl sites for hydroxylation is 2. The number of β-amino-alcohol motifs (C(OH)–C–C–N with tert-alkyl or cyclic N) is 1. The molecule has 1 heterocycles. The van der Waals surface area contributed by atoms with E-state index in [9.17, 15) is 14.6 Å². The molecule has 160 valence electrons. The van der Waals surface area contributed by atoms with E-state index in [2.05, 4.69) is 4.90 Å².